The molecule has 4 aromatic rings. The van der Waals surface area contributed by atoms with E-state index in [0.29, 0.717) is 36.1 Å². The minimum absolute atomic E-state index is 0.0196. The quantitative estimate of drug-likeness (QED) is 0.0248. The zero-order chi connectivity index (χ0) is 44.1. The minimum Gasteiger partial charge on any atom is -0.508 e. The van der Waals surface area contributed by atoms with Crippen LogP contribution in [0, 0.1) is 6.92 Å². The molecular weight excluding hydrogens is 810 g/mol. The number of fused-ring (bicyclic) bond motifs is 2. The lowest BCUT2D eigenvalue weighted by molar-refractivity contribution is -0.344. The fourth-order valence-corrected chi connectivity index (χ4v) is 7.43. The van der Waals surface area contributed by atoms with Gasteiger partial charge in [0.1, 0.15) is 41.8 Å². The van der Waals surface area contributed by atoms with E-state index in [1.54, 1.807) is 18.3 Å². The molecule has 62 heavy (non-hydrogen) atoms. The molecule has 0 bridgehead atoms. The van der Waals surface area contributed by atoms with Crippen LogP contribution in [-0.4, -0.2) is 123 Å². The maximum atomic E-state index is 13.5. The molecule has 1 fully saturated rings. The third-order valence-electron chi connectivity index (χ3n) is 10.5. The third-order valence-corrected chi connectivity index (χ3v) is 10.5. The molecule has 18 nitrogen and oxygen atoms in total. The van der Waals surface area contributed by atoms with Gasteiger partial charge < -0.3 is 54.1 Å². The van der Waals surface area contributed by atoms with Crippen LogP contribution in [0.5, 0.6) is 11.5 Å². The zero-order valence-electron chi connectivity index (χ0n) is 33.3. The number of hydrogen-bond acceptors (Lipinski definition) is 17. The van der Waals surface area contributed by atoms with Crippen LogP contribution in [0.3, 0.4) is 0 Å². The van der Waals surface area contributed by atoms with Gasteiger partial charge in [-0.1, -0.05) is 23.8 Å². The molecule has 0 amide bonds. The first-order valence-electron chi connectivity index (χ1n) is 19.8. The van der Waals surface area contributed by atoms with Gasteiger partial charge in [0.15, 0.2) is 17.6 Å². The first-order chi connectivity index (χ1) is 29.9. The van der Waals surface area contributed by atoms with E-state index in [2.05, 4.69) is 10.3 Å². The molecule has 0 spiro atoms. The van der Waals surface area contributed by atoms with E-state index in [0.717, 1.165) is 28.7 Å². The molecule has 3 aliphatic heterocycles. The number of nitrogens with one attached hydrogen (secondary N) is 1. The number of nitrogens with zero attached hydrogens (tertiary/aromatic N) is 2. The van der Waals surface area contributed by atoms with Gasteiger partial charge in [0.25, 0.3) is 0 Å². The summed E-state index contributed by atoms with van der Waals surface area (Å²) in [6.45, 7) is 1.95. The number of aromatic hydroxyl groups is 1. The summed E-state index contributed by atoms with van der Waals surface area (Å²) in [5.41, 5.74) is 5.06. The number of phenolic OH excluding ortho intramolecular Hbond substituents is 1. The molecule has 7 atom stereocenters. The summed E-state index contributed by atoms with van der Waals surface area (Å²) in [6, 6.07) is 14.2. The second-order valence-corrected chi connectivity index (χ2v) is 14.9. The number of unbranched alkanes of at least 4 members (excludes halogenated alkanes) is 1. The Hall–Kier alpha value is -6.25. The van der Waals surface area contributed by atoms with Crippen LogP contribution in [0.25, 0.3) is 27.8 Å². The van der Waals surface area contributed by atoms with E-state index in [1.807, 2.05) is 31.2 Å². The molecule has 7 N–H and O–H groups in total. The normalized spacial score (nSPS) is 21.7. The average Bonchev–Trinajstić information content (AvgIpc) is 3.83. The van der Waals surface area contributed by atoms with Crippen molar-refractivity contribution in [2.45, 2.75) is 75.6 Å². The lowest BCUT2D eigenvalue weighted by Crippen LogP contribution is -2.64. The molecule has 326 valence electrons. The number of aliphatic imine (C=N–C) groups is 1. The average molecular weight is 856 g/mol. The second kappa shape index (κ2) is 19.2. The van der Waals surface area contributed by atoms with E-state index in [4.69, 9.17) is 23.5 Å². The number of benzene rings is 3. The van der Waals surface area contributed by atoms with Gasteiger partial charge >= 0.3 is 11.9 Å². The lowest BCUT2D eigenvalue weighted by atomic mass is 9.98. The number of carbonyl (C=O) groups is 3. The number of rotatable bonds is 18. The first-order valence-corrected chi connectivity index (χ1v) is 19.8. The number of ether oxygens (including phenoxy) is 3. The predicted octanol–water partition coefficient (Wildman–Crippen LogP) is 2.10. The third kappa shape index (κ3) is 9.46. The van der Waals surface area contributed by atoms with Crippen LogP contribution in [0.4, 0.5) is 0 Å². The van der Waals surface area contributed by atoms with Gasteiger partial charge in [-0.2, -0.15) is 0 Å². The van der Waals surface area contributed by atoms with Gasteiger partial charge in [-0.25, -0.2) is 14.7 Å². The summed E-state index contributed by atoms with van der Waals surface area (Å²) >= 11 is 0. The van der Waals surface area contributed by atoms with E-state index in [9.17, 15) is 49.8 Å². The predicted molar refractivity (Wildman–Crippen MR) is 219 cm³/mol. The van der Waals surface area contributed by atoms with Crippen molar-refractivity contribution in [3.8, 4) is 22.6 Å². The summed E-state index contributed by atoms with van der Waals surface area (Å²) < 4.78 is 23.1. The smallest absolute Gasteiger partial charge is 0.337 e. The van der Waals surface area contributed by atoms with Crippen molar-refractivity contribution in [2.24, 2.45) is 4.99 Å². The Morgan fingerprint density at radius 1 is 1.05 bits per heavy atom. The number of carbonyl (C=O) groups excluding carboxylic acids is 2. The number of aliphatic carboxylic acids is 1. The fourth-order valence-electron chi connectivity index (χ4n) is 7.43. The number of phenols is 1. The minimum atomic E-state index is -2.36. The summed E-state index contributed by atoms with van der Waals surface area (Å²) in [7, 11) is 0. The molecule has 0 saturated carbocycles. The largest absolute Gasteiger partial charge is 0.508 e. The van der Waals surface area contributed by atoms with Crippen molar-refractivity contribution in [1.29, 1.82) is 0 Å². The lowest BCUT2D eigenvalue weighted by Gasteiger charge is -2.44. The van der Waals surface area contributed by atoms with Gasteiger partial charge in [-0.3, -0.25) is 19.9 Å². The maximum absolute atomic E-state index is 13.5. The highest BCUT2D eigenvalue weighted by Crippen LogP contribution is 2.40. The van der Waals surface area contributed by atoms with E-state index in [-0.39, 0.29) is 59.6 Å². The number of hydrogen-bond donors (Lipinski definition) is 7. The van der Waals surface area contributed by atoms with Crippen molar-refractivity contribution >= 4 is 41.1 Å². The topological polar surface area (TPSA) is 267 Å². The number of aliphatic hydroxyl groups is 4. The van der Waals surface area contributed by atoms with Crippen molar-refractivity contribution in [1.82, 2.24) is 10.4 Å². The Morgan fingerprint density at radius 2 is 1.84 bits per heavy atom. The Kier molecular flexibility index (Phi) is 13.6. The molecule has 1 aromatic heterocycles. The molecular formula is C44H45N3O15. The van der Waals surface area contributed by atoms with Crippen molar-refractivity contribution in [2.75, 3.05) is 19.7 Å². The Morgan fingerprint density at radius 3 is 2.58 bits per heavy atom. The number of carboxylic acid groups (broad SMARTS) is 1. The number of hydroxylamine groups is 2. The highest BCUT2D eigenvalue weighted by Gasteiger charge is 2.52. The second-order valence-electron chi connectivity index (χ2n) is 14.9. The van der Waals surface area contributed by atoms with Crippen molar-refractivity contribution < 1.29 is 68.5 Å². The van der Waals surface area contributed by atoms with Gasteiger partial charge in [0.2, 0.25) is 18.6 Å². The fraction of sp³-hybridized carbons (Fsp3) is 0.341. The van der Waals surface area contributed by atoms with Gasteiger partial charge in [-0.05, 0) is 79.8 Å². The Labute approximate surface area is 353 Å². The molecule has 7 unspecified atom stereocenters. The van der Waals surface area contributed by atoms with Crippen LogP contribution in [-0.2, 0) is 35.1 Å². The van der Waals surface area contributed by atoms with Crippen LogP contribution < -0.4 is 15.5 Å². The maximum Gasteiger partial charge on any atom is 0.337 e. The molecule has 3 aliphatic rings. The Bertz CT molecular complexity index is 2460. The number of aryl methyl sites for hydroxylation is 2. The van der Waals surface area contributed by atoms with E-state index in [1.165, 1.54) is 41.7 Å². The summed E-state index contributed by atoms with van der Waals surface area (Å²) in [5, 5.41) is 66.9. The van der Waals surface area contributed by atoms with Crippen molar-refractivity contribution in [3.05, 3.63) is 111 Å². The van der Waals surface area contributed by atoms with E-state index < -0.39 is 55.0 Å². The number of allylic oxidation sites excluding steroid dienone is 1. The molecule has 18 heteroatoms. The number of carboxylic acids is 1. The van der Waals surface area contributed by atoms with Crippen molar-refractivity contribution in [3.63, 3.8) is 0 Å². The SMILES string of the molecule is Cc1cc(CCCCO)cc(C2=C3N=CC=C3CN2OC2C(Oc3ccc4c(=O)c(-c5ccc(O)cc5)coc4c3)OC(C(O)OC(=O)C(NCCC=O)C(=O)O)C(O)C2O)c1. The van der Waals surface area contributed by atoms with Gasteiger partial charge in [-0.15, -0.1) is 0 Å². The number of aldehydes is 1. The monoisotopic (exact) mass is 855 g/mol. The standard InChI is InChI=1S/C44H45N3O15/c1-23-17-24(5-2-3-15-48)19-27(18-23)35-33-26(12-14-46-33)21-47(35)62-40-38(53)37(52)39(43(57)61-42(56)34(41(54)55)45-13-4-16-49)60-44(40)59-29-10-11-30-32(20-29)58-22-31(36(30)51)25-6-8-28(50)9-7-25/h6-12,14,16-20,22,34,37-40,43-45,48,50,52-53,57H,2-5,13,15,21H2,1H3,(H,54,55). The highest BCUT2D eigenvalue weighted by molar-refractivity contribution is 5.98. The molecule has 1 saturated heterocycles. The molecule has 3 aromatic carbocycles. The van der Waals surface area contributed by atoms with Crippen LogP contribution in [0.1, 0.15) is 36.0 Å². The molecule has 4 heterocycles. The zero-order valence-corrected chi connectivity index (χ0v) is 33.3. The summed E-state index contributed by atoms with van der Waals surface area (Å²) in [4.78, 5) is 60.1. The summed E-state index contributed by atoms with van der Waals surface area (Å²) in [5.74, 6) is -3.11. The number of aliphatic hydroxyl groups excluding tert-OH is 4. The summed E-state index contributed by atoms with van der Waals surface area (Å²) in [6.07, 6.45) is -4.33. The number of esters is 1. The van der Waals surface area contributed by atoms with Crippen LogP contribution in [0.2, 0.25) is 0 Å². The molecule has 0 radical (unpaired) electrons. The van der Waals surface area contributed by atoms with Crippen LogP contribution >= 0.6 is 0 Å². The van der Waals surface area contributed by atoms with Gasteiger partial charge in [0, 0.05) is 43.0 Å². The molecule has 7 rings (SSSR count). The van der Waals surface area contributed by atoms with E-state index >= 15 is 0 Å². The highest BCUT2D eigenvalue weighted by atomic mass is 16.8. The van der Waals surface area contributed by atoms with Gasteiger partial charge in [0.05, 0.1) is 28.9 Å². The van der Waals surface area contributed by atoms with Crippen LogP contribution in [0.15, 0.2) is 98.5 Å². The molecule has 0 aliphatic carbocycles. The Balaban J connectivity index is 1.20. The first kappa shape index (κ1) is 43.8.